The molecule has 25 heavy (non-hydrogen) atoms. The van der Waals surface area contributed by atoms with Crippen LogP contribution in [0.25, 0.3) is 0 Å². The van der Waals surface area contributed by atoms with Gasteiger partial charge in [-0.2, -0.15) is 0 Å². The predicted octanol–water partition coefficient (Wildman–Crippen LogP) is 2.44. The Hall–Kier alpha value is -1.61. The number of hydrogen-bond donors (Lipinski definition) is 1. The minimum absolute atomic E-state index is 0.0299. The van der Waals surface area contributed by atoms with Gasteiger partial charge in [-0.05, 0) is 61.2 Å². The Kier molecular flexibility index (Phi) is 4.57. The standard InChI is InChI=1S/C16H17ClN2O4S2/c1-11-10-12(17)7-8-15(11)25(22,23)19-9-3-4-13-14(19)5-2-6-16(13)24(18,20)21/h2,5-8,10H,3-4,9H2,1H3,(H2,18,20,21). The van der Waals surface area contributed by atoms with Crippen LogP contribution in [0.2, 0.25) is 5.02 Å². The minimum atomic E-state index is -3.93. The van der Waals surface area contributed by atoms with Crippen molar-refractivity contribution < 1.29 is 16.8 Å². The fourth-order valence-electron chi connectivity index (χ4n) is 3.10. The van der Waals surface area contributed by atoms with Crippen LogP contribution in [0.15, 0.2) is 46.2 Å². The van der Waals surface area contributed by atoms with E-state index in [1.165, 1.54) is 28.6 Å². The summed E-state index contributed by atoms with van der Waals surface area (Å²) in [4.78, 5) is 0.114. The molecule has 0 saturated heterocycles. The van der Waals surface area contributed by atoms with E-state index in [2.05, 4.69) is 0 Å². The third-order valence-corrected chi connectivity index (χ3v) is 7.38. The molecule has 0 atom stereocenters. The molecule has 0 fully saturated rings. The van der Waals surface area contributed by atoms with E-state index in [9.17, 15) is 16.8 Å². The number of primary sulfonamides is 1. The van der Waals surface area contributed by atoms with E-state index in [0.29, 0.717) is 34.7 Å². The van der Waals surface area contributed by atoms with Gasteiger partial charge in [0.2, 0.25) is 10.0 Å². The second-order valence-corrected chi connectivity index (χ2v) is 9.69. The molecule has 134 valence electrons. The lowest BCUT2D eigenvalue weighted by atomic mass is 10.0. The first-order valence-electron chi connectivity index (χ1n) is 7.56. The number of anilines is 1. The molecule has 0 unspecified atom stereocenters. The zero-order valence-corrected chi connectivity index (χ0v) is 15.8. The molecule has 1 aliphatic heterocycles. The van der Waals surface area contributed by atoms with E-state index in [1.54, 1.807) is 19.1 Å². The number of fused-ring (bicyclic) bond motifs is 1. The van der Waals surface area contributed by atoms with Gasteiger partial charge in [0.1, 0.15) is 0 Å². The molecule has 0 bridgehead atoms. The average molecular weight is 401 g/mol. The van der Waals surface area contributed by atoms with Crippen LogP contribution in [0.3, 0.4) is 0 Å². The van der Waals surface area contributed by atoms with Crippen molar-refractivity contribution in [3.8, 4) is 0 Å². The van der Waals surface area contributed by atoms with Gasteiger partial charge < -0.3 is 0 Å². The lowest BCUT2D eigenvalue weighted by Gasteiger charge is -2.31. The zero-order chi connectivity index (χ0) is 18.4. The highest BCUT2D eigenvalue weighted by Gasteiger charge is 2.32. The fraction of sp³-hybridized carbons (Fsp3) is 0.250. The number of benzene rings is 2. The maximum Gasteiger partial charge on any atom is 0.264 e. The Morgan fingerprint density at radius 1 is 1.08 bits per heavy atom. The molecule has 1 aliphatic rings. The number of halogens is 1. The third-order valence-electron chi connectivity index (χ3n) is 4.18. The fourth-order valence-corrected chi connectivity index (χ4v) is 5.88. The Morgan fingerprint density at radius 2 is 1.80 bits per heavy atom. The molecule has 3 rings (SSSR count). The van der Waals surface area contributed by atoms with Crippen molar-refractivity contribution in [1.29, 1.82) is 0 Å². The van der Waals surface area contributed by atoms with E-state index in [0.717, 1.165) is 0 Å². The Morgan fingerprint density at radius 3 is 2.44 bits per heavy atom. The number of nitrogens with zero attached hydrogens (tertiary/aromatic N) is 1. The van der Waals surface area contributed by atoms with Crippen LogP contribution in [0.4, 0.5) is 5.69 Å². The van der Waals surface area contributed by atoms with Gasteiger partial charge >= 0.3 is 0 Å². The summed E-state index contributed by atoms with van der Waals surface area (Å²) in [6, 6.07) is 9.07. The van der Waals surface area contributed by atoms with Gasteiger partial charge in [-0.25, -0.2) is 22.0 Å². The van der Waals surface area contributed by atoms with Crippen LogP contribution < -0.4 is 9.44 Å². The van der Waals surface area contributed by atoms with Gasteiger partial charge in [-0.3, -0.25) is 4.31 Å². The van der Waals surface area contributed by atoms with Crippen LogP contribution in [0.5, 0.6) is 0 Å². The number of nitrogens with two attached hydrogens (primary N) is 1. The Bertz CT molecular complexity index is 1050. The van der Waals surface area contributed by atoms with Crippen molar-refractivity contribution in [3.05, 3.63) is 52.5 Å². The summed E-state index contributed by atoms with van der Waals surface area (Å²) in [5.41, 5.74) is 1.32. The van der Waals surface area contributed by atoms with Gasteiger partial charge in [-0.15, -0.1) is 0 Å². The van der Waals surface area contributed by atoms with E-state index in [-0.39, 0.29) is 16.3 Å². The number of hydrogen-bond acceptors (Lipinski definition) is 4. The van der Waals surface area contributed by atoms with Gasteiger partial charge in [0.05, 0.1) is 15.5 Å². The highest BCUT2D eigenvalue weighted by atomic mass is 35.5. The van der Waals surface area contributed by atoms with Crippen molar-refractivity contribution in [2.24, 2.45) is 5.14 Å². The van der Waals surface area contributed by atoms with E-state index < -0.39 is 20.0 Å². The molecule has 0 amide bonds. The predicted molar refractivity (Wildman–Crippen MR) is 96.9 cm³/mol. The van der Waals surface area contributed by atoms with E-state index in [4.69, 9.17) is 16.7 Å². The monoisotopic (exact) mass is 400 g/mol. The van der Waals surface area contributed by atoms with E-state index in [1.807, 2.05) is 0 Å². The first-order valence-corrected chi connectivity index (χ1v) is 10.9. The van der Waals surface area contributed by atoms with Gasteiger partial charge in [0, 0.05) is 11.6 Å². The Labute approximate surface area is 152 Å². The second kappa shape index (κ2) is 6.28. The summed E-state index contributed by atoms with van der Waals surface area (Å²) < 4.78 is 51.2. The van der Waals surface area contributed by atoms with Crippen molar-refractivity contribution in [2.75, 3.05) is 10.8 Å². The quantitative estimate of drug-likeness (QED) is 0.855. The van der Waals surface area contributed by atoms with Crippen LogP contribution in [-0.4, -0.2) is 23.4 Å². The highest BCUT2D eigenvalue weighted by molar-refractivity contribution is 7.93. The molecular formula is C16H17ClN2O4S2. The van der Waals surface area contributed by atoms with Crippen LogP contribution in [0.1, 0.15) is 17.5 Å². The summed E-state index contributed by atoms with van der Waals surface area (Å²) in [6.45, 7) is 1.94. The topological polar surface area (TPSA) is 97.5 Å². The summed E-state index contributed by atoms with van der Waals surface area (Å²) in [5.74, 6) is 0. The molecule has 2 aromatic carbocycles. The normalized spacial score (nSPS) is 15.1. The lowest BCUT2D eigenvalue weighted by molar-refractivity contribution is 0.582. The van der Waals surface area contributed by atoms with Crippen LogP contribution in [0, 0.1) is 6.92 Å². The van der Waals surface area contributed by atoms with Gasteiger partial charge in [-0.1, -0.05) is 17.7 Å². The molecule has 2 N–H and O–H groups in total. The van der Waals surface area contributed by atoms with Crippen molar-refractivity contribution >= 4 is 37.3 Å². The minimum Gasteiger partial charge on any atom is -0.266 e. The second-order valence-electron chi connectivity index (χ2n) is 5.89. The Balaban J connectivity index is 2.19. The molecule has 0 aliphatic carbocycles. The molecule has 2 aromatic rings. The lowest BCUT2D eigenvalue weighted by Crippen LogP contribution is -2.36. The largest absolute Gasteiger partial charge is 0.266 e. The molecule has 6 nitrogen and oxygen atoms in total. The first kappa shape index (κ1) is 18.2. The number of aryl methyl sites for hydroxylation is 1. The molecule has 1 heterocycles. The summed E-state index contributed by atoms with van der Waals surface area (Å²) in [6.07, 6.45) is 0.957. The molecule has 0 radical (unpaired) electrons. The molecular weight excluding hydrogens is 384 g/mol. The molecule has 0 saturated carbocycles. The van der Waals surface area contributed by atoms with Crippen molar-refractivity contribution in [2.45, 2.75) is 29.6 Å². The maximum absolute atomic E-state index is 13.1. The maximum atomic E-state index is 13.1. The number of rotatable bonds is 3. The first-order chi connectivity index (χ1) is 11.6. The zero-order valence-electron chi connectivity index (χ0n) is 13.4. The summed E-state index contributed by atoms with van der Waals surface area (Å²) in [7, 11) is -7.78. The summed E-state index contributed by atoms with van der Waals surface area (Å²) in [5, 5.41) is 5.73. The average Bonchev–Trinajstić information content (AvgIpc) is 2.52. The van der Waals surface area contributed by atoms with Crippen LogP contribution in [-0.2, 0) is 26.5 Å². The highest BCUT2D eigenvalue weighted by Crippen LogP contribution is 2.36. The SMILES string of the molecule is Cc1cc(Cl)ccc1S(=O)(=O)N1CCCc2c1cccc2S(N)(=O)=O. The molecule has 0 spiro atoms. The molecule has 0 aromatic heterocycles. The van der Waals surface area contributed by atoms with E-state index >= 15 is 0 Å². The van der Waals surface area contributed by atoms with Gasteiger partial charge in [0.15, 0.2) is 0 Å². The van der Waals surface area contributed by atoms with Crippen LogP contribution >= 0.6 is 11.6 Å². The third kappa shape index (κ3) is 3.27. The smallest absolute Gasteiger partial charge is 0.264 e. The van der Waals surface area contributed by atoms with Crippen molar-refractivity contribution in [1.82, 2.24) is 0 Å². The molecule has 9 heteroatoms. The van der Waals surface area contributed by atoms with Gasteiger partial charge in [0.25, 0.3) is 10.0 Å². The summed E-state index contributed by atoms with van der Waals surface area (Å²) >= 11 is 5.92. The number of sulfonamides is 2. The van der Waals surface area contributed by atoms with Crippen molar-refractivity contribution in [3.63, 3.8) is 0 Å².